The summed E-state index contributed by atoms with van der Waals surface area (Å²) in [5, 5.41) is 2.74. The Hall–Kier alpha value is -1.62. The molecule has 0 spiro atoms. The Bertz CT molecular complexity index is 435. The average molecular weight is 269 g/mol. The summed E-state index contributed by atoms with van der Waals surface area (Å²) in [4.78, 5) is 11.6. The Kier molecular flexibility index (Phi) is 5.76. The zero-order valence-corrected chi connectivity index (χ0v) is 11.7. The maximum atomic E-state index is 13.5. The largest absolute Gasteiger partial charge is 0.494 e. The van der Waals surface area contributed by atoms with Crippen LogP contribution in [-0.2, 0) is 9.53 Å². The Morgan fingerprint density at radius 2 is 2.05 bits per heavy atom. The highest BCUT2D eigenvalue weighted by molar-refractivity contribution is 5.77. The van der Waals surface area contributed by atoms with Crippen molar-refractivity contribution in [3.63, 3.8) is 0 Å². The van der Waals surface area contributed by atoms with E-state index < -0.39 is 5.82 Å². The van der Waals surface area contributed by atoms with E-state index in [0.29, 0.717) is 5.56 Å². The molecular weight excluding hydrogens is 249 g/mol. The third kappa shape index (κ3) is 4.87. The number of carbonyl (C=O) groups is 1. The molecule has 1 aromatic carbocycles. The van der Waals surface area contributed by atoms with Crippen LogP contribution in [0.15, 0.2) is 18.2 Å². The van der Waals surface area contributed by atoms with Crippen LogP contribution in [0.5, 0.6) is 5.75 Å². The van der Waals surface area contributed by atoms with Crippen LogP contribution >= 0.6 is 0 Å². The zero-order chi connectivity index (χ0) is 14.4. The Labute approximate surface area is 112 Å². The highest BCUT2D eigenvalue weighted by Gasteiger charge is 2.12. The summed E-state index contributed by atoms with van der Waals surface area (Å²) in [6.07, 6.45) is -0.000475. The van der Waals surface area contributed by atoms with Gasteiger partial charge >= 0.3 is 0 Å². The van der Waals surface area contributed by atoms with Gasteiger partial charge in [0.15, 0.2) is 11.6 Å². The Balaban J connectivity index is 2.60. The Morgan fingerprint density at radius 3 is 2.58 bits per heavy atom. The van der Waals surface area contributed by atoms with Gasteiger partial charge in [-0.15, -0.1) is 0 Å². The van der Waals surface area contributed by atoms with Gasteiger partial charge in [-0.25, -0.2) is 4.39 Å². The fraction of sp³-hybridized carbons (Fsp3) is 0.500. The molecule has 0 saturated carbocycles. The number of rotatable bonds is 6. The highest BCUT2D eigenvalue weighted by atomic mass is 19.1. The number of hydrogen-bond donors (Lipinski definition) is 1. The Morgan fingerprint density at radius 1 is 1.37 bits per heavy atom. The second kappa shape index (κ2) is 7.09. The van der Waals surface area contributed by atoms with E-state index in [0.717, 1.165) is 0 Å². The van der Waals surface area contributed by atoms with Crippen LogP contribution in [0.2, 0.25) is 0 Å². The molecule has 1 aromatic rings. The third-order valence-corrected chi connectivity index (χ3v) is 2.60. The van der Waals surface area contributed by atoms with Crippen molar-refractivity contribution in [2.24, 2.45) is 0 Å². The van der Waals surface area contributed by atoms with E-state index >= 15 is 0 Å². The number of nitrogens with one attached hydrogen (secondary N) is 1. The minimum Gasteiger partial charge on any atom is -0.494 e. The lowest BCUT2D eigenvalue weighted by Gasteiger charge is -2.16. The molecule has 0 saturated heterocycles. The van der Waals surface area contributed by atoms with Crippen molar-refractivity contribution in [1.82, 2.24) is 5.32 Å². The summed E-state index contributed by atoms with van der Waals surface area (Å²) in [7, 11) is 1.41. The van der Waals surface area contributed by atoms with Gasteiger partial charge in [-0.3, -0.25) is 4.79 Å². The minimum atomic E-state index is -0.445. The fourth-order valence-corrected chi connectivity index (χ4v) is 1.56. The molecule has 1 N–H and O–H groups in total. The molecule has 1 atom stereocenters. The van der Waals surface area contributed by atoms with Gasteiger partial charge in [0, 0.05) is 0 Å². The minimum absolute atomic E-state index is 0.000475. The summed E-state index contributed by atoms with van der Waals surface area (Å²) in [6, 6.07) is 4.32. The van der Waals surface area contributed by atoms with Crippen molar-refractivity contribution in [2.75, 3.05) is 13.7 Å². The molecule has 0 bridgehead atoms. The number of carbonyl (C=O) groups excluding carboxylic acids is 1. The molecule has 0 fully saturated rings. The molecule has 0 aliphatic heterocycles. The first kappa shape index (κ1) is 15.4. The smallest absolute Gasteiger partial charge is 0.246 e. The molecule has 0 aliphatic carbocycles. The number of benzene rings is 1. The molecule has 1 unspecified atom stereocenters. The molecule has 106 valence electrons. The molecule has 1 amide bonds. The molecule has 19 heavy (non-hydrogen) atoms. The van der Waals surface area contributed by atoms with Crippen molar-refractivity contribution in [2.45, 2.75) is 32.9 Å². The van der Waals surface area contributed by atoms with Gasteiger partial charge in [0.2, 0.25) is 5.91 Å². The molecular formula is C14H20FNO3. The highest BCUT2D eigenvalue weighted by Crippen LogP contribution is 2.21. The van der Waals surface area contributed by atoms with E-state index in [1.165, 1.54) is 19.2 Å². The lowest BCUT2D eigenvalue weighted by atomic mass is 10.1. The second-order valence-electron chi connectivity index (χ2n) is 4.54. The van der Waals surface area contributed by atoms with Gasteiger partial charge in [-0.05, 0) is 38.5 Å². The fourth-order valence-electron chi connectivity index (χ4n) is 1.56. The molecule has 0 radical (unpaired) electrons. The second-order valence-corrected chi connectivity index (χ2v) is 4.54. The normalized spacial score (nSPS) is 12.3. The SMILES string of the molecule is COc1ccc(C(C)NC(=O)COC(C)C)cc1F. The number of hydrogen-bond acceptors (Lipinski definition) is 3. The summed E-state index contributed by atoms with van der Waals surface area (Å²) < 4.78 is 23.6. The van der Waals surface area contributed by atoms with Crippen LogP contribution < -0.4 is 10.1 Å². The van der Waals surface area contributed by atoms with E-state index in [1.807, 2.05) is 13.8 Å². The van der Waals surface area contributed by atoms with Crippen LogP contribution in [0.4, 0.5) is 4.39 Å². The van der Waals surface area contributed by atoms with Crippen LogP contribution in [-0.4, -0.2) is 25.7 Å². The van der Waals surface area contributed by atoms with Gasteiger partial charge < -0.3 is 14.8 Å². The monoisotopic (exact) mass is 269 g/mol. The van der Waals surface area contributed by atoms with Gasteiger partial charge in [-0.1, -0.05) is 6.07 Å². The lowest BCUT2D eigenvalue weighted by molar-refractivity contribution is -0.127. The number of methoxy groups -OCH3 is 1. The van der Waals surface area contributed by atoms with Gasteiger partial charge in [-0.2, -0.15) is 0 Å². The average Bonchev–Trinajstić information content (AvgIpc) is 2.36. The van der Waals surface area contributed by atoms with E-state index in [1.54, 1.807) is 13.0 Å². The molecule has 0 heterocycles. The van der Waals surface area contributed by atoms with E-state index in [9.17, 15) is 9.18 Å². The number of amides is 1. The lowest BCUT2D eigenvalue weighted by Crippen LogP contribution is -2.31. The molecule has 4 nitrogen and oxygen atoms in total. The standard InChI is InChI=1S/C14H20FNO3/c1-9(2)19-8-14(17)16-10(3)11-5-6-13(18-4)12(15)7-11/h5-7,9-10H,8H2,1-4H3,(H,16,17). The number of ether oxygens (including phenoxy) is 2. The summed E-state index contributed by atoms with van der Waals surface area (Å²) in [5.74, 6) is -0.484. The van der Waals surface area contributed by atoms with Gasteiger partial charge in [0.1, 0.15) is 6.61 Å². The van der Waals surface area contributed by atoms with Crippen molar-refractivity contribution >= 4 is 5.91 Å². The van der Waals surface area contributed by atoms with E-state index in [-0.39, 0.29) is 30.4 Å². The first-order chi connectivity index (χ1) is 8.93. The van der Waals surface area contributed by atoms with E-state index in [2.05, 4.69) is 5.32 Å². The van der Waals surface area contributed by atoms with Crippen molar-refractivity contribution < 1.29 is 18.7 Å². The number of halogens is 1. The van der Waals surface area contributed by atoms with Crippen LogP contribution in [0.3, 0.4) is 0 Å². The first-order valence-electron chi connectivity index (χ1n) is 6.18. The van der Waals surface area contributed by atoms with Crippen molar-refractivity contribution in [3.05, 3.63) is 29.6 Å². The third-order valence-electron chi connectivity index (χ3n) is 2.60. The maximum Gasteiger partial charge on any atom is 0.246 e. The maximum absolute atomic E-state index is 13.5. The van der Waals surface area contributed by atoms with Crippen LogP contribution in [0.25, 0.3) is 0 Å². The topological polar surface area (TPSA) is 47.6 Å². The summed E-state index contributed by atoms with van der Waals surface area (Å²) in [6.45, 7) is 5.50. The quantitative estimate of drug-likeness (QED) is 0.863. The van der Waals surface area contributed by atoms with Crippen molar-refractivity contribution in [3.8, 4) is 5.75 Å². The molecule has 0 aliphatic rings. The summed E-state index contributed by atoms with van der Waals surface area (Å²) >= 11 is 0. The van der Waals surface area contributed by atoms with Gasteiger partial charge in [0.25, 0.3) is 0 Å². The van der Waals surface area contributed by atoms with E-state index in [4.69, 9.17) is 9.47 Å². The van der Waals surface area contributed by atoms with Gasteiger partial charge in [0.05, 0.1) is 19.3 Å². The van der Waals surface area contributed by atoms with Crippen LogP contribution in [0, 0.1) is 5.82 Å². The molecule has 1 rings (SSSR count). The summed E-state index contributed by atoms with van der Waals surface area (Å²) in [5.41, 5.74) is 0.677. The molecule has 5 heteroatoms. The first-order valence-corrected chi connectivity index (χ1v) is 6.18. The molecule has 0 aromatic heterocycles. The zero-order valence-electron chi connectivity index (χ0n) is 11.7. The predicted molar refractivity (Wildman–Crippen MR) is 70.6 cm³/mol. The predicted octanol–water partition coefficient (Wildman–Crippen LogP) is 2.44. The van der Waals surface area contributed by atoms with Crippen LogP contribution in [0.1, 0.15) is 32.4 Å². The van der Waals surface area contributed by atoms with Crippen molar-refractivity contribution in [1.29, 1.82) is 0 Å².